The number of thiophene rings is 1. The van der Waals surface area contributed by atoms with Gasteiger partial charge in [-0.25, -0.2) is 4.98 Å². The highest BCUT2D eigenvalue weighted by Crippen LogP contribution is 2.33. The molecule has 26 heavy (non-hydrogen) atoms. The van der Waals surface area contributed by atoms with Gasteiger partial charge in [-0.3, -0.25) is 9.59 Å². The van der Waals surface area contributed by atoms with Gasteiger partial charge in [0.15, 0.2) is 0 Å². The number of nitrogens with zero attached hydrogens (tertiary/aromatic N) is 1. The van der Waals surface area contributed by atoms with E-state index >= 15 is 0 Å². The monoisotopic (exact) mass is 411 g/mol. The molecule has 0 aliphatic heterocycles. The number of carbonyl (C=O) groups is 2. The molecule has 5 nitrogen and oxygen atoms in total. The molecule has 140 valence electrons. The molecule has 1 fully saturated rings. The molecular formula is C18H22ClN3O2S2. The van der Waals surface area contributed by atoms with Crippen LogP contribution in [0.3, 0.4) is 0 Å². The van der Waals surface area contributed by atoms with Gasteiger partial charge in [-0.15, -0.1) is 22.7 Å². The smallest absolute Gasteiger partial charge is 0.270 e. The standard InChI is InChI=1S/C18H22ClN3O2S2/c1-10(2)20-16(23)11-4-3-5-12(8-11)21-17(24)13-9-25-18(22-13)14-6-7-15(19)26-14/h6-7,9-12H,3-5,8H2,1-2H3,(H,20,23)(H,21,24). The zero-order chi connectivity index (χ0) is 18.7. The molecule has 2 unspecified atom stereocenters. The van der Waals surface area contributed by atoms with Gasteiger partial charge in [0.2, 0.25) is 5.91 Å². The Kier molecular flexibility index (Phi) is 6.32. The first-order valence-electron chi connectivity index (χ1n) is 8.75. The highest BCUT2D eigenvalue weighted by atomic mass is 35.5. The average Bonchev–Trinajstić information content (AvgIpc) is 3.23. The maximum Gasteiger partial charge on any atom is 0.270 e. The third-order valence-electron chi connectivity index (χ3n) is 4.33. The van der Waals surface area contributed by atoms with E-state index in [-0.39, 0.29) is 29.8 Å². The van der Waals surface area contributed by atoms with Gasteiger partial charge in [0, 0.05) is 23.4 Å². The van der Waals surface area contributed by atoms with Gasteiger partial charge >= 0.3 is 0 Å². The second-order valence-electron chi connectivity index (χ2n) is 6.84. The molecule has 0 radical (unpaired) electrons. The highest BCUT2D eigenvalue weighted by Gasteiger charge is 2.29. The Bertz CT molecular complexity index is 787. The minimum Gasteiger partial charge on any atom is -0.354 e. The van der Waals surface area contributed by atoms with E-state index in [1.165, 1.54) is 22.7 Å². The van der Waals surface area contributed by atoms with Crippen LogP contribution >= 0.6 is 34.3 Å². The number of halogens is 1. The molecule has 1 saturated carbocycles. The summed E-state index contributed by atoms with van der Waals surface area (Å²) in [6.45, 7) is 3.92. The Morgan fingerprint density at radius 1 is 1.31 bits per heavy atom. The normalized spacial score (nSPS) is 20.2. The number of carbonyl (C=O) groups excluding carboxylic acids is 2. The molecule has 1 aliphatic rings. The Morgan fingerprint density at radius 2 is 2.12 bits per heavy atom. The third-order valence-corrected chi connectivity index (χ3v) is 6.57. The van der Waals surface area contributed by atoms with Crippen LogP contribution in [0.15, 0.2) is 17.5 Å². The van der Waals surface area contributed by atoms with E-state index in [0.717, 1.165) is 29.1 Å². The minimum absolute atomic E-state index is 0.0143. The van der Waals surface area contributed by atoms with Crippen molar-refractivity contribution in [3.63, 3.8) is 0 Å². The maximum atomic E-state index is 12.5. The largest absolute Gasteiger partial charge is 0.354 e. The van der Waals surface area contributed by atoms with Crippen LogP contribution < -0.4 is 10.6 Å². The number of hydrogen-bond acceptors (Lipinski definition) is 5. The Hall–Kier alpha value is -1.44. The van der Waals surface area contributed by atoms with E-state index < -0.39 is 0 Å². The van der Waals surface area contributed by atoms with Crippen molar-refractivity contribution in [2.75, 3.05) is 0 Å². The van der Waals surface area contributed by atoms with Crippen LogP contribution in [0, 0.1) is 5.92 Å². The van der Waals surface area contributed by atoms with E-state index in [4.69, 9.17) is 11.6 Å². The summed E-state index contributed by atoms with van der Waals surface area (Å²) in [7, 11) is 0. The molecule has 2 aromatic rings. The lowest BCUT2D eigenvalue weighted by molar-refractivity contribution is -0.126. The van der Waals surface area contributed by atoms with Crippen LogP contribution in [0.4, 0.5) is 0 Å². The van der Waals surface area contributed by atoms with Crippen LogP contribution in [0.2, 0.25) is 4.34 Å². The van der Waals surface area contributed by atoms with E-state index in [1.807, 2.05) is 26.0 Å². The van der Waals surface area contributed by atoms with Gasteiger partial charge in [-0.2, -0.15) is 0 Å². The van der Waals surface area contributed by atoms with Gasteiger partial charge in [-0.1, -0.05) is 18.0 Å². The maximum absolute atomic E-state index is 12.5. The predicted octanol–water partition coefficient (Wildman–Crippen LogP) is 4.34. The lowest BCUT2D eigenvalue weighted by Gasteiger charge is -2.29. The summed E-state index contributed by atoms with van der Waals surface area (Å²) in [6, 6.07) is 3.89. The van der Waals surface area contributed by atoms with Gasteiger partial charge in [-0.05, 0) is 45.2 Å². The van der Waals surface area contributed by atoms with Crippen molar-refractivity contribution in [1.29, 1.82) is 0 Å². The van der Waals surface area contributed by atoms with Crippen LogP contribution in [0.5, 0.6) is 0 Å². The Labute approximate surface area is 166 Å². The quantitative estimate of drug-likeness (QED) is 0.768. The van der Waals surface area contributed by atoms with Crippen molar-refractivity contribution < 1.29 is 9.59 Å². The summed E-state index contributed by atoms with van der Waals surface area (Å²) in [5, 5.41) is 8.58. The Morgan fingerprint density at radius 3 is 2.81 bits per heavy atom. The van der Waals surface area contributed by atoms with Crippen LogP contribution in [-0.2, 0) is 4.79 Å². The number of nitrogens with one attached hydrogen (secondary N) is 2. The van der Waals surface area contributed by atoms with E-state index in [9.17, 15) is 9.59 Å². The first kappa shape index (κ1) is 19.3. The van der Waals surface area contributed by atoms with Gasteiger partial charge in [0.25, 0.3) is 5.91 Å². The summed E-state index contributed by atoms with van der Waals surface area (Å²) in [6.07, 6.45) is 3.40. The van der Waals surface area contributed by atoms with Crippen molar-refractivity contribution in [2.24, 2.45) is 5.92 Å². The van der Waals surface area contributed by atoms with Crippen LogP contribution in [-0.4, -0.2) is 28.9 Å². The SMILES string of the molecule is CC(C)NC(=O)C1CCCC(NC(=O)c2csc(-c3ccc(Cl)s3)n2)C1. The molecule has 0 saturated heterocycles. The molecule has 0 bridgehead atoms. The highest BCUT2D eigenvalue weighted by molar-refractivity contribution is 7.23. The number of rotatable bonds is 5. The summed E-state index contributed by atoms with van der Waals surface area (Å²) in [5.41, 5.74) is 0.420. The fourth-order valence-electron chi connectivity index (χ4n) is 3.14. The molecule has 2 heterocycles. The zero-order valence-electron chi connectivity index (χ0n) is 14.8. The summed E-state index contributed by atoms with van der Waals surface area (Å²) in [5.74, 6) is -0.120. The number of aromatic nitrogens is 1. The van der Waals surface area contributed by atoms with E-state index in [1.54, 1.807) is 5.38 Å². The molecule has 8 heteroatoms. The summed E-state index contributed by atoms with van der Waals surface area (Å²) >= 11 is 8.84. The molecule has 0 spiro atoms. The second kappa shape index (κ2) is 8.50. The average molecular weight is 412 g/mol. The molecule has 2 atom stereocenters. The molecule has 0 aromatic carbocycles. The number of thiazole rings is 1. The van der Waals surface area contributed by atoms with Crippen molar-refractivity contribution in [1.82, 2.24) is 15.6 Å². The molecule has 2 aromatic heterocycles. The van der Waals surface area contributed by atoms with E-state index in [0.29, 0.717) is 16.5 Å². The molecular weight excluding hydrogens is 390 g/mol. The van der Waals surface area contributed by atoms with Gasteiger partial charge in [0.1, 0.15) is 10.7 Å². The van der Waals surface area contributed by atoms with Gasteiger partial charge < -0.3 is 10.6 Å². The van der Waals surface area contributed by atoms with Crippen molar-refractivity contribution >= 4 is 46.1 Å². The molecule has 3 rings (SSSR count). The topological polar surface area (TPSA) is 71.1 Å². The third kappa shape index (κ3) is 4.84. The first-order chi connectivity index (χ1) is 12.4. The lowest BCUT2D eigenvalue weighted by Crippen LogP contribution is -2.43. The van der Waals surface area contributed by atoms with Crippen molar-refractivity contribution in [3.8, 4) is 9.88 Å². The summed E-state index contributed by atoms with van der Waals surface area (Å²) in [4.78, 5) is 30.1. The Balaban J connectivity index is 1.59. The number of hydrogen-bond donors (Lipinski definition) is 2. The van der Waals surface area contributed by atoms with Crippen LogP contribution in [0.1, 0.15) is 50.0 Å². The molecule has 2 amide bonds. The fourth-order valence-corrected chi connectivity index (χ4v) is 5.06. The minimum atomic E-state index is -0.176. The van der Waals surface area contributed by atoms with Crippen molar-refractivity contribution in [3.05, 3.63) is 27.5 Å². The van der Waals surface area contributed by atoms with Gasteiger partial charge in [0.05, 0.1) is 9.21 Å². The molecule has 1 aliphatic carbocycles. The van der Waals surface area contributed by atoms with E-state index in [2.05, 4.69) is 15.6 Å². The zero-order valence-corrected chi connectivity index (χ0v) is 17.1. The predicted molar refractivity (Wildman–Crippen MR) is 107 cm³/mol. The lowest BCUT2D eigenvalue weighted by atomic mass is 9.85. The summed E-state index contributed by atoms with van der Waals surface area (Å²) < 4.78 is 0.703. The van der Waals surface area contributed by atoms with Crippen LogP contribution in [0.25, 0.3) is 9.88 Å². The molecule has 2 N–H and O–H groups in total. The second-order valence-corrected chi connectivity index (χ2v) is 9.41. The number of amides is 2. The first-order valence-corrected chi connectivity index (χ1v) is 10.8. The van der Waals surface area contributed by atoms with Crippen molar-refractivity contribution in [2.45, 2.75) is 51.6 Å². The fraction of sp³-hybridized carbons (Fsp3) is 0.500.